The first-order chi connectivity index (χ1) is 22.6. The lowest BCUT2D eigenvalue weighted by atomic mass is 10.0. The van der Waals surface area contributed by atoms with Crippen LogP contribution in [0, 0.1) is 0 Å². The van der Waals surface area contributed by atoms with Gasteiger partial charge in [-0.3, -0.25) is 13.9 Å². The predicted molar refractivity (Wildman–Crippen MR) is 190 cm³/mol. The fraction of sp³-hybridized carbons (Fsp3) is 0.257. The van der Waals surface area contributed by atoms with Crippen LogP contribution in [-0.2, 0) is 32.6 Å². The van der Waals surface area contributed by atoms with Crippen molar-refractivity contribution < 1.29 is 22.7 Å². The summed E-state index contributed by atoms with van der Waals surface area (Å²) in [7, 11) is -4.24. The molecule has 0 fully saturated rings. The molecule has 0 saturated carbocycles. The normalized spacial score (nSPS) is 11.9. The maximum absolute atomic E-state index is 14.5. The highest BCUT2D eigenvalue weighted by Gasteiger charge is 2.35. The van der Waals surface area contributed by atoms with Crippen LogP contribution in [0.15, 0.2) is 107 Å². The number of ether oxygens (including phenoxy) is 1. The first kappa shape index (κ1) is 36.1. The van der Waals surface area contributed by atoms with Crippen molar-refractivity contribution in [3.8, 4) is 5.75 Å². The minimum absolute atomic E-state index is 0.0221. The van der Waals surface area contributed by atoms with Crippen molar-refractivity contribution in [3.05, 3.63) is 118 Å². The van der Waals surface area contributed by atoms with Gasteiger partial charge in [0.15, 0.2) is 0 Å². The molecular formula is C35H37Cl2N3O5S2. The maximum Gasteiger partial charge on any atom is 0.264 e. The molecule has 47 heavy (non-hydrogen) atoms. The maximum atomic E-state index is 14.5. The molecule has 0 aliphatic carbocycles. The quantitative estimate of drug-likeness (QED) is 0.132. The van der Waals surface area contributed by atoms with E-state index in [0.29, 0.717) is 34.5 Å². The number of thioether (sulfide) groups is 1. The van der Waals surface area contributed by atoms with Gasteiger partial charge in [-0.2, -0.15) is 0 Å². The van der Waals surface area contributed by atoms with E-state index in [2.05, 4.69) is 5.32 Å². The Hall–Kier alpha value is -3.70. The second-order valence-corrected chi connectivity index (χ2v) is 14.1. The number of nitrogens with zero attached hydrogens (tertiary/aromatic N) is 2. The number of benzene rings is 4. The highest BCUT2D eigenvalue weighted by Crippen LogP contribution is 2.29. The number of carbonyl (C=O) groups is 2. The zero-order chi connectivity index (χ0) is 34.0. The summed E-state index contributed by atoms with van der Waals surface area (Å²) in [6.45, 7) is 3.77. The van der Waals surface area contributed by atoms with Gasteiger partial charge in [0.2, 0.25) is 11.8 Å². The molecule has 1 atom stereocenters. The number of anilines is 1. The lowest BCUT2D eigenvalue weighted by molar-refractivity contribution is -0.140. The molecule has 4 rings (SSSR count). The van der Waals surface area contributed by atoms with Gasteiger partial charge in [0.25, 0.3) is 10.0 Å². The van der Waals surface area contributed by atoms with Crippen molar-refractivity contribution in [2.45, 2.75) is 42.6 Å². The van der Waals surface area contributed by atoms with Crippen LogP contribution in [0.1, 0.15) is 25.0 Å². The van der Waals surface area contributed by atoms with Crippen molar-refractivity contribution in [2.24, 2.45) is 0 Å². The van der Waals surface area contributed by atoms with E-state index in [4.69, 9.17) is 27.9 Å². The molecule has 1 unspecified atom stereocenters. The largest absolute Gasteiger partial charge is 0.494 e. The Morgan fingerprint density at radius 2 is 1.60 bits per heavy atom. The molecule has 4 aromatic rings. The molecule has 0 bridgehead atoms. The monoisotopic (exact) mass is 713 g/mol. The molecule has 0 aliphatic heterocycles. The summed E-state index contributed by atoms with van der Waals surface area (Å²) in [4.78, 5) is 30.5. The van der Waals surface area contributed by atoms with Crippen LogP contribution in [0.5, 0.6) is 5.75 Å². The first-order valence-electron chi connectivity index (χ1n) is 15.0. The van der Waals surface area contributed by atoms with Crippen LogP contribution in [0.25, 0.3) is 0 Å². The van der Waals surface area contributed by atoms with Crippen LogP contribution in [-0.4, -0.2) is 57.1 Å². The van der Waals surface area contributed by atoms with Gasteiger partial charge in [0, 0.05) is 34.5 Å². The van der Waals surface area contributed by atoms with Gasteiger partial charge in [-0.25, -0.2) is 8.42 Å². The summed E-state index contributed by atoms with van der Waals surface area (Å²) in [5.74, 6) is -0.415. The van der Waals surface area contributed by atoms with E-state index >= 15 is 0 Å². The van der Waals surface area contributed by atoms with Crippen molar-refractivity contribution in [3.63, 3.8) is 0 Å². The number of sulfonamides is 1. The Kier molecular flexibility index (Phi) is 13.0. The topological polar surface area (TPSA) is 96.0 Å². The Balaban J connectivity index is 1.81. The number of hydrogen-bond acceptors (Lipinski definition) is 6. The summed E-state index contributed by atoms with van der Waals surface area (Å²) in [6.07, 6.45) is 2.09. The lowest BCUT2D eigenvalue weighted by Crippen LogP contribution is -2.53. The standard InChI is InChI=1S/C35H37Cl2N3O5S2/c1-4-38-35(42)33(21-25-9-7-6-8-10-25)39(23-26-11-12-27(36)22-32(26)37)34(41)24-40(28-13-15-29(16-14-28)45-5-2)47(43,44)31-19-17-30(46-3)18-20-31/h6-20,22,33H,4-5,21,23-24H2,1-3H3,(H,38,42). The van der Waals surface area contributed by atoms with Crippen LogP contribution in [0.2, 0.25) is 10.0 Å². The molecule has 8 nitrogen and oxygen atoms in total. The summed E-state index contributed by atoms with van der Waals surface area (Å²) in [6, 6.07) is 26.2. The molecule has 2 amide bonds. The molecule has 12 heteroatoms. The zero-order valence-corrected chi connectivity index (χ0v) is 29.5. The molecule has 248 valence electrons. The second kappa shape index (κ2) is 16.9. The number of hydrogen-bond donors (Lipinski definition) is 1. The number of rotatable bonds is 15. The third kappa shape index (κ3) is 9.44. The Morgan fingerprint density at radius 3 is 2.19 bits per heavy atom. The minimum atomic E-state index is -4.24. The molecule has 0 heterocycles. The van der Waals surface area contributed by atoms with Gasteiger partial charge in [0.05, 0.1) is 17.2 Å². The van der Waals surface area contributed by atoms with Crippen molar-refractivity contribution in [2.75, 3.05) is 30.3 Å². The van der Waals surface area contributed by atoms with Gasteiger partial charge < -0.3 is 15.0 Å². The third-order valence-electron chi connectivity index (χ3n) is 7.34. The highest BCUT2D eigenvalue weighted by molar-refractivity contribution is 7.98. The molecule has 0 aliphatic rings. The number of halogens is 2. The van der Waals surface area contributed by atoms with E-state index in [1.165, 1.54) is 28.8 Å². The lowest BCUT2D eigenvalue weighted by Gasteiger charge is -2.34. The summed E-state index contributed by atoms with van der Waals surface area (Å²) < 4.78 is 35.1. The van der Waals surface area contributed by atoms with Crippen molar-refractivity contribution in [1.82, 2.24) is 10.2 Å². The van der Waals surface area contributed by atoms with E-state index in [-0.39, 0.29) is 29.5 Å². The fourth-order valence-corrected chi connectivity index (χ4v) is 7.25. The van der Waals surface area contributed by atoms with Gasteiger partial charge in [0.1, 0.15) is 18.3 Å². The average Bonchev–Trinajstić information content (AvgIpc) is 3.07. The van der Waals surface area contributed by atoms with E-state index < -0.39 is 28.5 Å². The summed E-state index contributed by atoms with van der Waals surface area (Å²) in [5.41, 5.74) is 1.64. The van der Waals surface area contributed by atoms with Gasteiger partial charge >= 0.3 is 0 Å². The second-order valence-electron chi connectivity index (χ2n) is 10.5. The number of carbonyl (C=O) groups excluding carboxylic acids is 2. The van der Waals surface area contributed by atoms with Crippen molar-refractivity contribution >= 4 is 62.5 Å². The van der Waals surface area contributed by atoms with Crippen molar-refractivity contribution in [1.29, 1.82) is 0 Å². The fourth-order valence-electron chi connectivity index (χ4n) is 4.96. The summed E-state index contributed by atoms with van der Waals surface area (Å²) >= 11 is 14.2. The highest BCUT2D eigenvalue weighted by atomic mass is 35.5. The summed E-state index contributed by atoms with van der Waals surface area (Å²) in [5, 5.41) is 3.58. The smallest absolute Gasteiger partial charge is 0.264 e. The zero-order valence-electron chi connectivity index (χ0n) is 26.4. The Labute approximate surface area is 291 Å². The van der Waals surface area contributed by atoms with E-state index in [1.54, 1.807) is 61.5 Å². The minimum Gasteiger partial charge on any atom is -0.494 e. The molecule has 1 N–H and O–H groups in total. The number of nitrogens with one attached hydrogen (secondary N) is 1. The van der Waals surface area contributed by atoms with E-state index in [1.807, 2.05) is 43.5 Å². The van der Waals surface area contributed by atoms with Gasteiger partial charge in [-0.05, 0) is 91.9 Å². The van der Waals surface area contributed by atoms with E-state index in [0.717, 1.165) is 14.8 Å². The molecule has 0 radical (unpaired) electrons. The third-order valence-corrected chi connectivity index (χ3v) is 10.5. The van der Waals surface area contributed by atoms with Crippen LogP contribution < -0.4 is 14.4 Å². The molecule has 0 aromatic heterocycles. The molecule has 0 spiro atoms. The molecular weight excluding hydrogens is 677 g/mol. The molecule has 4 aromatic carbocycles. The Bertz CT molecular complexity index is 1760. The SMILES string of the molecule is CCNC(=O)C(Cc1ccccc1)N(Cc1ccc(Cl)cc1Cl)C(=O)CN(c1ccc(OCC)cc1)S(=O)(=O)c1ccc(SC)cc1. The van der Waals surface area contributed by atoms with Crippen LogP contribution >= 0.6 is 35.0 Å². The van der Waals surface area contributed by atoms with E-state index in [9.17, 15) is 18.0 Å². The first-order valence-corrected chi connectivity index (χ1v) is 18.4. The molecule has 0 saturated heterocycles. The predicted octanol–water partition coefficient (Wildman–Crippen LogP) is 7.09. The van der Waals surface area contributed by atoms with Crippen LogP contribution in [0.4, 0.5) is 5.69 Å². The Morgan fingerprint density at radius 1 is 0.915 bits per heavy atom. The van der Waals surface area contributed by atoms with Gasteiger partial charge in [-0.1, -0.05) is 59.6 Å². The van der Waals surface area contributed by atoms with Gasteiger partial charge in [-0.15, -0.1) is 11.8 Å². The van der Waals surface area contributed by atoms with Crippen LogP contribution in [0.3, 0.4) is 0 Å². The number of amides is 2. The number of likely N-dealkylation sites (N-methyl/N-ethyl adjacent to an activating group) is 1. The average molecular weight is 715 g/mol.